The van der Waals surface area contributed by atoms with Gasteiger partial charge in [0.25, 0.3) is 5.91 Å². The molecule has 4 heteroatoms. The van der Waals surface area contributed by atoms with Crippen molar-refractivity contribution in [1.29, 1.82) is 0 Å². The van der Waals surface area contributed by atoms with Gasteiger partial charge in [-0.3, -0.25) is 9.63 Å². The summed E-state index contributed by atoms with van der Waals surface area (Å²) in [7, 11) is 5.03. The van der Waals surface area contributed by atoms with E-state index in [1.165, 1.54) is 29.9 Å². The van der Waals surface area contributed by atoms with Crippen LogP contribution in [-0.2, 0) is 15.0 Å². The van der Waals surface area contributed by atoms with Crippen LogP contribution in [0.25, 0.3) is 0 Å². The second-order valence-corrected chi connectivity index (χ2v) is 8.24. The second kappa shape index (κ2) is 5.48. The van der Waals surface area contributed by atoms with Crippen LogP contribution in [0.4, 0.5) is 0 Å². The van der Waals surface area contributed by atoms with Crippen molar-refractivity contribution in [2.24, 2.45) is 17.3 Å². The van der Waals surface area contributed by atoms with Gasteiger partial charge in [-0.05, 0) is 73.5 Å². The fraction of sp³-hybridized carbons (Fsp3) is 0.650. The molecule has 0 radical (unpaired) electrons. The maximum absolute atomic E-state index is 13.1. The Bertz CT molecular complexity index is 625. The third-order valence-corrected chi connectivity index (χ3v) is 6.78. The van der Waals surface area contributed by atoms with E-state index in [2.05, 4.69) is 24.3 Å². The van der Waals surface area contributed by atoms with E-state index in [0.29, 0.717) is 11.8 Å². The molecule has 0 spiro atoms. The number of amides is 1. The molecule has 4 fully saturated rings. The van der Waals surface area contributed by atoms with Gasteiger partial charge in [0.05, 0.1) is 19.6 Å². The number of rotatable bonds is 4. The number of hydrogen-bond donors (Lipinski definition) is 0. The van der Waals surface area contributed by atoms with Gasteiger partial charge in [-0.2, -0.15) is 0 Å². The van der Waals surface area contributed by atoms with Crippen LogP contribution in [0.3, 0.4) is 0 Å². The monoisotopic (exact) mass is 329 g/mol. The van der Waals surface area contributed by atoms with E-state index in [0.717, 1.165) is 25.0 Å². The molecule has 0 heterocycles. The molecule has 5 rings (SSSR count). The van der Waals surface area contributed by atoms with E-state index >= 15 is 0 Å². The van der Waals surface area contributed by atoms with E-state index in [4.69, 9.17) is 9.57 Å². The van der Waals surface area contributed by atoms with Crippen molar-refractivity contribution in [2.45, 2.75) is 43.9 Å². The standard InChI is InChI=1S/C20H27NO3/c1-21(24-3)18(22)20-11-14-8-15(12-20)10-19(9-14,13-20)16-4-6-17(23-2)7-5-16/h4-7,14-15H,8-13H2,1-3H3. The van der Waals surface area contributed by atoms with Crippen molar-refractivity contribution in [3.05, 3.63) is 29.8 Å². The number of carbonyl (C=O) groups is 1. The third-order valence-electron chi connectivity index (χ3n) is 6.78. The summed E-state index contributed by atoms with van der Waals surface area (Å²) in [6.07, 6.45) is 6.78. The van der Waals surface area contributed by atoms with Crippen LogP contribution in [-0.4, -0.2) is 32.2 Å². The molecular weight excluding hydrogens is 302 g/mol. The SMILES string of the molecule is COc1ccc(C23CC4CC(CC(C(=O)N(C)OC)(C4)C2)C3)cc1. The topological polar surface area (TPSA) is 38.8 Å². The highest BCUT2D eigenvalue weighted by Gasteiger charge is 2.61. The van der Waals surface area contributed by atoms with Gasteiger partial charge in [0.15, 0.2) is 0 Å². The number of carbonyl (C=O) groups excluding carboxylic acids is 1. The molecule has 1 aromatic rings. The van der Waals surface area contributed by atoms with Crippen molar-refractivity contribution in [2.75, 3.05) is 21.3 Å². The summed E-state index contributed by atoms with van der Waals surface area (Å²) in [5.41, 5.74) is 1.31. The fourth-order valence-corrected chi connectivity index (χ4v) is 6.21. The molecule has 0 aromatic heterocycles. The van der Waals surface area contributed by atoms with E-state index in [-0.39, 0.29) is 16.7 Å². The number of hydroxylamine groups is 2. The van der Waals surface area contributed by atoms with Crippen LogP contribution < -0.4 is 4.74 Å². The first-order valence-electron chi connectivity index (χ1n) is 8.97. The zero-order chi connectivity index (χ0) is 16.9. The van der Waals surface area contributed by atoms with Gasteiger partial charge in [0, 0.05) is 7.05 Å². The van der Waals surface area contributed by atoms with Crippen LogP contribution in [0.15, 0.2) is 24.3 Å². The predicted molar refractivity (Wildman–Crippen MR) is 91.6 cm³/mol. The van der Waals surface area contributed by atoms with Crippen molar-refractivity contribution < 1.29 is 14.4 Å². The molecular formula is C20H27NO3. The van der Waals surface area contributed by atoms with Gasteiger partial charge in [-0.1, -0.05) is 12.1 Å². The molecule has 130 valence electrons. The normalized spacial score (nSPS) is 36.6. The van der Waals surface area contributed by atoms with Gasteiger partial charge in [-0.25, -0.2) is 5.06 Å². The summed E-state index contributed by atoms with van der Waals surface area (Å²) in [4.78, 5) is 18.3. The molecule has 2 unspecified atom stereocenters. The van der Waals surface area contributed by atoms with Crippen molar-refractivity contribution >= 4 is 5.91 Å². The molecule has 4 bridgehead atoms. The number of ether oxygens (including phenoxy) is 1. The summed E-state index contributed by atoms with van der Waals surface area (Å²) in [6.45, 7) is 0. The molecule has 1 amide bonds. The van der Waals surface area contributed by atoms with E-state index in [1.54, 1.807) is 21.3 Å². The number of methoxy groups -OCH3 is 1. The van der Waals surface area contributed by atoms with E-state index < -0.39 is 0 Å². The average molecular weight is 329 g/mol. The highest BCUT2D eigenvalue weighted by atomic mass is 16.7. The minimum Gasteiger partial charge on any atom is -0.497 e. The van der Waals surface area contributed by atoms with Gasteiger partial charge in [-0.15, -0.1) is 0 Å². The molecule has 4 saturated carbocycles. The molecule has 1 aromatic carbocycles. The van der Waals surface area contributed by atoms with Gasteiger partial charge in [0.2, 0.25) is 0 Å². The number of benzene rings is 1. The smallest absolute Gasteiger partial charge is 0.252 e. The maximum atomic E-state index is 13.1. The van der Waals surface area contributed by atoms with Crippen molar-refractivity contribution in [1.82, 2.24) is 5.06 Å². The summed E-state index contributed by atoms with van der Waals surface area (Å²) in [5.74, 6) is 2.41. The first-order chi connectivity index (χ1) is 11.5. The summed E-state index contributed by atoms with van der Waals surface area (Å²) >= 11 is 0. The average Bonchev–Trinajstić information content (AvgIpc) is 2.59. The Morgan fingerprint density at radius 2 is 1.71 bits per heavy atom. The van der Waals surface area contributed by atoms with Crippen LogP contribution in [0, 0.1) is 17.3 Å². The lowest BCUT2D eigenvalue weighted by molar-refractivity contribution is -0.195. The highest BCUT2D eigenvalue weighted by Crippen LogP contribution is 2.66. The second-order valence-electron chi connectivity index (χ2n) is 8.24. The zero-order valence-corrected chi connectivity index (χ0v) is 14.9. The van der Waals surface area contributed by atoms with E-state index in [9.17, 15) is 4.79 Å². The van der Waals surface area contributed by atoms with Crippen molar-refractivity contribution in [3.8, 4) is 5.75 Å². The third kappa shape index (κ3) is 2.26. The lowest BCUT2D eigenvalue weighted by Gasteiger charge is -2.61. The minimum absolute atomic E-state index is 0.153. The molecule has 2 atom stereocenters. The fourth-order valence-electron chi connectivity index (χ4n) is 6.21. The van der Waals surface area contributed by atoms with Crippen molar-refractivity contribution in [3.63, 3.8) is 0 Å². The number of nitrogens with zero attached hydrogens (tertiary/aromatic N) is 1. The Hall–Kier alpha value is -1.55. The molecule has 0 saturated heterocycles. The Morgan fingerprint density at radius 1 is 1.08 bits per heavy atom. The Kier molecular flexibility index (Phi) is 3.64. The highest BCUT2D eigenvalue weighted by molar-refractivity contribution is 5.82. The Morgan fingerprint density at radius 3 is 2.25 bits per heavy atom. The Labute approximate surface area is 144 Å². The number of hydrogen-bond acceptors (Lipinski definition) is 3. The molecule has 4 aliphatic carbocycles. The lowest BCUT2D eigenvalue weighted by Crippen LogP contribution is -2.59. The summed E-state index contributed by atoms with van der Waals surface area (Å²) < 4.78 is 5.31. The first-order valence-corrected chi connectivity index (χ1v) is 8.97. The van der Waals surface area contributed by atoms with Crippen LogP contribution in [0.2, 0.25) is 0 Å². The predicted octanol–water partition coefficient (Wildman–Crippen LogP) is 3.55. The van der Waals surface area contributed by atoms with Crippen LogP contribution in [0.5, 0.6) is 5.75 Å². The molecule has 4 nitrogen and oxygen atoms in total. The lowest BCUT2D eigenvalue weighted by atomic mass is 9.42. The van der Waals surface area contributed by atoms with Crippen LogP contribution in [0.1, 0.15) is 44.1 Å². The summed E-state index contributed by atoms with van der Waals surface area (Å²) in [5, 5.41) is 1.45. The quantitative estimate of drug-likeness (QED) is 0.793. The zero-order valence-electron chi connectivity index (χ0n) is 14.9. The van der Waals surface area contributed by atoms with Gasteiger partial charge >= 0.3 is 0 Å². The Balaban J connectivity index is 1.71. The summed E-state index contributed by atoms with van der Waals surface area (Å²) in [6, 6.07) is 8.54. The minimum atomic E-state index is -0.227. The van der Waals surface area contributed by atoms with E-state index in [1.807, 2.05) is 0 Å². The van der Waals surface area contributed by atoms with Crippen LogP contribution >= 0.6 is 0 Å². The maximum Gasteiger partial charge on any atom is 0.252 e. The molecule has 4 aliphatic rings. The molecule has 24 heavy (non-hydrogen) atoms. The molecule has 0 aliphatic heterocycles. The van der Waals surface area contributed by atoms with Gasteiger partial charge in [0.1, 0.15) is 5.75 Å². The van der Waals surface area contributed by atoms with Gasteiger partial charge < -0.3 is 4.74 Å². The first kappa shape index (κ1) is 15.9. The largest absolute Gasteiger partial charge is 0.497 e. The molecule has 0 N–H and O–H groups in total.